The van der Waals surface area contributed by atoms with E-state index in [1.807, 2.05) is 31.2 Å². The van der Waals surface area contributed by atoms with Crippen LogP contribution in [0.5, 0.6) is 0 Å². The molecule has 0 saturated heterocycles. The Hall–Kier alpha value is -1.92. The SMILES string of the molecule is Cc1ccccc1NN=C1C=NN(N)C1N. The molecular weight excluding hydrogens is 204 g/mol. The molecule has 0 amide bonds. The summed E-state index contributed by atoms with van der Waals surface area (Å²) < 4.78 is 0. The van der Waals surface area contributed by atoms with E-state index < -0.39 is 6.17 Å². The van der Waals surface area contributed by atoms with Gasteiger partial charge in [0.1, 0.15) is 5.71 Å². The summed E-state index contributed by atoms with van der Waals surface area (Å²) in [5.41, 5.74) is 11.3. The van der Waals surface area contributed by atoms with E-state index in [0.29, 0.717) is 5.71 Å². The van der Waals surface area contributed by atoms with E-state index >= 15 is 0 Å². The van der Waals surface area contributed by atoms with Gasteiger partial charge in [-0.25, -0.2) is 11.0 Å². The van der Waals surface area contributed by atoms with E-state index in [1.165, 1.54) is 11.3 Å². The third kappa shape index (κ3) is 2.02. The average molecular weight is 218 g/mol. The molecule has 1 heterocycles. The van der Waals surface area contributed by atoms with E-state index in [2.05, 4.69) is 15.6 Å². The predicted molar refractivity (Wildman–Crippen MR) is 64.7 cm³/mol. The molecule has 1 aliphatic heterocycles. The summed E-state index contributed by atoms with van der Waals surface area (Å²) in [6, 6.07) is 7.85. The van der Waals surface area contributed by atoms with Crippen LogP contribution in [0.3, 0.4) is 0 Å². The number of aryl methyl sites for hydroxylation is 1. The highest BCUT2D eigenvalue weighted by Gasteiger charge is 2.20. The van der Waals surface area contributed by atoms with Gasteiger partial charge in [0.25, 0.3) is 0 Å². The van der Waals surface area contributed by atoms with Crippen molar-refractivity contribution >= 4 is 17.6 Å². The Kier molecular flexibility index (Phi) is 2.84. The number of anilines is 1. The fourth-order valence-electron chi connectivity index (χ4n) is 1.33. The maximum absolute atomic E-state index is 5.73. The highest BCUT2D eigenvalue weighted by molar-refractivity contribution is 6.34. The van der Waals surface area contributed by atoms with Crippen LogP contribution in [0.4, 0.5) is 5.69 Å². The topological polar surface area (TPSA) is 92.0 Å². The van der Waals surface area contributed by atoms with E-state index in [-0.39, 0.29) is 0 Å². The standard InChI is InChI=1S/C10H14N6/c1-7-4-2-3-5-8(7)14-15-9-6-13-16(12)10(9)11/h2-6,10,14H,11-12H2,1H3. The smallest absolute Gasteiger partial charge is 0.157 e. The molecule has 0 aliphatic carbocycles. The van der Waals surface area contributed by atoms with Gasteiger partial charge in [-0.2, -0.15) is 10.2 Å². The lowest BCUT2D eigenvalue weighted by Crippen LogP contribution is -2.44. The van der Waals surface area contributed by atoms with Crippen molar-refractivity contribution in [2.75, 3.05) is 5.43 Å². The van der Waals surface area contributed by atoms with Crippen LogP contribution in [-0.2, 0) is 0 Å². The lowest BCUT2D eigenvalue weighted by molar-refractivity contribution is 0.280. The van der Waals surface area contributed by atoms with E-state index in [0.717, 1.165) is 11.3 Å². The monoisotopic (exact) mass is 218 g/mol. The minimum absolute atomic E-state index is 0.489. The van der Waals surface area contributed by atoms with Gasteiger partial charge in [0.2, 0.25) is 0 Å². The number of para-hydroxylation sites is 1. The van der Waals surface area contributed by atoms with Crippen molar-refractivity contribution in [3.8, 4) is 0 Å². The minimum atomic E-state index is -0.489. The van der Waals surface area contributed by atoms with Gasteiger partial charge in [0.05, 0.1) is 11.9 Å². The number of nitrogens with zero attached hydrogens (tertiary/aromatic N) is 3. The fourth-order valence-corrected chi connectivity index (χ4v) is 1.33. The zero-order valence-corrected chi connectivity index (χ0v) is 8.96. The van der Waals surface area contributed by atoms with E-state index in [1.54, 1.807) is 0 Å². The van der Waals surface area contributed by atoms with Crippen molar-refractivity contribution in [3.05, 3.63) is 29.8 Å². The number of benzene rings is 1. The molecule has 6 nitrogen and oxygen atoms in total. The van der Waals surface area contributed by atoms with Crippen molar-refractivity contribution in [2.24, 2.45) is 21.8 Å². The van der Waals surface area contributed by atoms with Crippen molar-refractivity contribution < 1.29 is 0 Å². The summed E-state index contributed by atoms with van der Waals surface area (Å²) in [6.07, 6.45) is 1.05. The van der Waals surface area contributed by atoms with Crippen molar-refractivity contribution in [1.82, 2.24) is 5.12 Å². The molecule has 16 heavy (non-hydrogen) atoms. The van der Waals surface area contributed by atoms with Gasteiger partial charge in [-0.3, -0.25) is 5.43 Å². The van der Waals surface area contributed by atoms with Crippen LogP contribution in [0, 0.1) is 6.92 Å². The van der Waals surface area contributed by atoms with Gasteiger partial charge in [0, 0.05) is 0 Å². The van der Waals surface area contributed by atoms with Crippen molar-refractivity contribution in [3.63, 3.8) is 0 Å². The number of nitrogens with two attached hydrogens (primary N) is 2. The third-order valence-electron chi connectivity index (χ3n) is 2.36. The average Bonchev–Trinajstić information content (AvgIpc) is 2.59. The van der Waals surface area contributed by atoms with E-state index in [4.69, 9.17) is 11.6 Å². The Morgan fingerprint density at radius 1 is 1.44 bits per heavy atom. The molecule has 0 fully saturated rings. The molecule has 0 bridgehead atoms. The molecule has 84 valence electrons. The van der Waals surface area contributed by atoms with Crippen molar-refractivity contribution in [2.45, 2.75) is 13.1 Å². The number of hydrogen-bond acceptors (Lipinski definition) is 6. The Bertz CT molecular complexity index is 439. The lowest BCUT2D eigenvalue weighted by atomic mass is 10.2. The van der Waals surface area contributed by atoms with Crippen LogP contribution in [0.2, 0.25) is 0 Å². The minimum Gasteiger partial charge on any atom is -0.303 e. The van der Waals surface area contributed by atoms with Gasteiger partial charge in [0.15, 0.2) is 6.17 Å². The number of rotatable bonds is 2. The molecule has 0 saturated carbocycles. The molecule has 6 heteroatoms. The third-order valence-corrected chi connectivity index (χ3v) is 2.36. The molecule has 0 aromatic heterocycles. The summed E-state index contributed by atoms with van der Waals surface area (Å²) >= 11 is 0. The molecule has 2 rings (SSSR count). The molecule has 1 aliphatic rings. The van der Waals surface area contributed by atoms with Gasteiger partial charge in [-0.05, 0) is 18.6 Å². The second-order valence-electron chi connectivity index (χ2n) is 3.53. The summed E-state index contributed by atoms with van der Waals surface area (Å²) in [5, 5.41) is 9.15. The van der Waals surface area contributed by atoms with Crippen LogP contribution in [-0.4, -0.2) is 23.2 Å². The lowest BCUT2D eigenvalue weighted by Gasteiger charge is -2.13. The second kappa shape index (κ2) is 4.30. The van der Waals surface area contributed by atoms with Crippen LogP contribution in [0.15, 0.2) is 34.5 Å². The van der Waals surface area contributed by atoms with Crippen molar-refractivity contribution in [1.29, 1.82) is 0 Å². The first kappa shape index (κ1) is 10.6. The van der Waals surface area contributed by atoms with E-state index in [9.17, 15) is 0 Å². The Labute approximate surface area is 93.6 Å². The first-order valence-electron chi connectivity index (χ1n) is 4.91. The van der Waals surface area contributed by atoms with Gasteiger partial charge < -0.3 is 5.73 Å². The maximum Gasteiger partial charge on any atom is 0.157 e. The highest BCUT2D eigenvalue weighted by atomic mass is 15.7. The van der Waals surface area contributed by atoms with Gasteiger partial charge >= 0.3 is 0 Å². The molecule has 1 aromatic rings. The summed E-state index contributed by atoms with van der Waals surface area (Å²) in [6.45, 7) is 2.00. The number of hydrazine groups is 1. The van der Waals surface area contributed by atoms with Crippen LogP contribution >= 0.6 is 0 Å². The Balaban J connectivity index is 2.10. The molecule has 0 spiro atoms. The van der Waals surface area contributed by atoms with Crippen LogP contribution in [0.25, 0.3) is 0 Å². The quantitative estimate of drug-likeness (QED) is 0.489. The molecule has 0 radical (unpaired) electrons. The molecule has 1 atom stereocenters. The van der Waals surface area contributed by atoms with Crippen LogP contribution in [0.1, 0.15) is 5.56 Å². The largest absolute Gasteiger partial charge is 0.303 e. The fraction of sp³-hybridized carbons (Fsp3) is 0.200. The molecule has 1 unspecified atom stereocenters. The second-order valence-corrected chi connectivity index (χ2v) is 3.53. The summed E-state index contributed by atoms with van der Waals surface area (Å²) in [4.78, 5) is 0. The van der Waals surface area contributed by atoms with Gasteiger partial charge in [-0.15, -0.1) is 0 Å². The molecule has 1 aromatic carbocycles. The normalized spacial score (nSPS) is 21.8. The Morgan fingerprint density at radius 2 is 2.19 bits per heavy atom. The molecular formula is C10H14N6. The summed E-state index contributed by atoms with van der Waals surface area (Å²) in [7, 11) is 0. The zero-order valence-electron chi connectivity index (χ0n) is 8.96. The first-order chi connectivity index (χ1) is 7.68. The molecule has 5 N–H and O–H groups in total. The summed E-state index contributed by atoms with van der Waals surface area (Å²) in [5.74, 6) is 5.47. The van der Waals surface area contributed by atoms with Crippen LogP contribution < -0.4 is 17.0 Å². The number of hydrogen-bond donors (Lipinski definition) is 3. The highest BCUT2D eigenvalue weighted by Crippen LogP contribution is 2.13. The Morgan fingerprint density at radius 3 is 2.81 bits per heavy atom. The maximum atomic E-state index is 5.73. The van der Waals surface area contributed by atoms with Gasteiger partial charge in [-0.1, -0.05) is 18.2 Å². The number of hydrazone groups is 2. The predicted octanol–water partition coefficient (Wildman–Crippen LogP) is 0.223. The zero-order chi connectivity index (χ0) is 11.5. The first-order valence-corrected chi connectivity index (χ1v) is 4.91. The number of nitrogens with one attached hydrogen (secondary N) is 1.